The minimum absolute atomic E-state index is 0.415. The number of hydrogen-bond acceptors (Lipinski definition) is 4. The summed E-state index contributed by atoms with van der Waals surface area (Å²) in [6.45, 7) is 11.0. The number of benzene rings is 1. The van der Waals surface area contributed by atoms with Crippen molar-refractivity contribution in [1.82, 2.24) is 9.13 Å². The van der Waals surface area contributed by atoms with Gasteiger partial charge in [-0.3, -0.25) is 9.13 Å². The monoisotopic (exact) mass is 460 g/mol. The smallest absolute Gasteiger partial charge is 0.418 e. The van der Waals surface area contributed by atoms with Gasteiger partial charge in [0.15, 0.2) is 0 Å². The lowest BCUT2D eigenvalue weighted by Gasteiger charge is -2.20. The zero-order chi connectivity index (χ0) is 24.9. The first-order valence-corrected chi connectivity index (χ1v) is 11.2. The van der Waals surface area contributed by atoms with Gasteiger partial charge in [-0.1, -0.05) is 30.4 Å². The minimum atomic E-state index is -0.563. The molecule has 0 saturated carbocycles. The van der Waals surface area contributed by atoms with E-state index in [1.807, 2.05) is 114 Å². The number of hydrogen-bond donors (Lipinski definition) is 0. The molecule has 0 radical (unpaired) electrons. The van der Waals surface area contributed by atoms with E-state index in [1.54, 1.807) is 12.4 Å². The Balaban J connectivity index is 1.74. The van der Waals surface area contributed by atoms with Crippen molar-refractivity contribution in [1.29, 1.82) is 0 Å². The van der Waals surface area contributed by atoms with Gasteiger partial charge in [-0.15, -0.1) is 0 Å². The Morgan fingerprint density at radius 2 is 1.06 bits per heavy atom. The van der Waals surface area contributed by atoms with Crippen LogP contribution in [0.2, 0.25) is 0 Å². The summed E-state index contributed by atoms with van der Waals surface area (Å²) in [4.78, 5) is 24.8. The number of rotatable bonds is 4. The molecule has 0 atom stereocenters. The molecule has 0 saturated heterocycles. The topological polar surface area (TPSA) is 62.5 Å². The van der Waals surface area contributed by atoms with Crippen molar-refractivity contribution in [2.75, 3.05) is 0 Å². The van der Waals surface area contributed by atoms with E-state index < -0.39 is 23.4 Å². The first-order valence-electron chi connectivity index (χ1n) is 11.2. The largest absolute Gasteiger partial charge is 0.443 e. The van der Waals surface area contributed by atoms with Crippen molar-refractivity contribution >= 4 is 36.5 Å². The fourth-order valence-electron chi connectivity index (χ4n) is 3.14. The van der Waals surface area contributed by atoms with Crippen molar-refractivity contribution in [3.05, 3.63) is 83.4 Å². The van der Waals surface area contributed by atoms with Gasteiger partial charge in [0.2, 0.25) is 0 Å². The Hall–Kier alpha value is -3.80. The molecule has 0 amide bonds. The first kappa shape index (κ1) is 24.8. The highest BCUT2D eigenvalue weighted by Gasteiger charge is 2.19. The Bertz CT molecular complexity index is 1120. The van der Waals surface area contributed by atoms with Crippen molar-refractivity contribution in [2.24, 2.45) is 0 Å². The molecule has 178 valence electrons. The molecule has 34 heavy (non-hydrogen) atoms. The van der Waals surface area contributed by atoms with E-state index in [0.29, 0.717) is 0 Å². The van der Waals surface area contributed by atoms with Crippen molar-refractivity contribution in [3.8, 4) is 0 Å². The molecule has 0 aliphatic heterocycles. The van der Waals surface area contributed by atoms with Gasteiger partial charge in [0.1, 0.15) is 11.2 Å². The van der Waals surface area contributed by atoms with Gasteiger partial charge in [-0.05, 0) is 95.2 Å². The summed E-state index contributed by atoms with van der Waals surface area (Å²) in [5.74, 6) is 0. The fourth-order valence-corrected chi connectivity index (χ4v) is 3.14. The van der Waals surface area contributed by atoms with Gasteiger partial charge in [0.05, 0.1) is 11.4 Å². The molecule has 3 aromatic rings. The summed E-state index contributed by atoms with van der Waals surface area (Å²) >= 11 is 0. The Morgan fingerprint density at radius 1 is 0.647 bits per heavy atom. The first-order chi connectivity index (χ1) is 15.9. The molecule has 0 aliphatic rings. The van der Waals surface area contributed by atoms with E-state index in [9.17, 15) is 9.59 Å². The van der Waals surface area contributed by atoms with Gasteiger partial charge < -0.3 is 9.47 Å². The van der Waals surface area contributed by atoms with Crippen LogP contribution in [0.5, 0.6) is 0 Å². The van der Waals surface area contributed by atoms with Crippen LogP contribution < -0.4 is 0 Å². The third kappa shape index (κ3) is 7.10. The lowest BCUT2D eigenvalue weighted by atomic mass is 10.1. The number of aromatic nitrogens is 2. The zero-order valence-electron chi connectivity index (χ0n) is 20.6. The highest BCUT2D eigenvalue weighted by molar-refractivity contribution is 5.80. The average molecular weight is 461 g/mol. The maximum Gasteiger partial charge on any atom is 0.418 e. The second kappa shape index (κ2) is 10.00. The molecule has 6 heteroatoms. The SMILES string of the molecule is CC(C)(C)OC(=O)n1cccc1/C=C/c1cccc(/C=C/c2cccn2C(=O)OC(C)(C)C)c1. The molecule has 6 nitrogen and oxygen atoms in total. The molecule has 0 N–H and O–H groups in total. The second-order valence-corrected chi connectivity index (χ2v) is 9.90. The van der Waals surface area contributed by atoms with Gasteiger partial charge in [-0.2, -0.15) is 0 Å². The lowest BCUT2D eigenvalue weighted by Crippen LogP contribution is -2.27. The molecule has 0 unspecified atom stereocenters. The third-order valence-electron chi connectivity index (χ3n) is 4.54. The van der Waals surface area contributed by atoms with E-state index >= 15 is 0 Å². The molecule has 3 rings (SSSR count). The summed E-state index contributed by atoms with van der Waals surface area (Å²) < 4.78 is 13.9. The summed E-state index contributed by atoms with van der Waals surface area (Å²) in [6, 6.07) is 15.3. The number of ether oxygens (including phenoxy) is 2. The molecule has 2 heterocycles. The molecule has 0 bridgehead atoms. The van der Waals surface area contributed by atoms with Gasteiger partial charge in [0.25, 0.3) is 0 Å². The highest BCUT2D eigenvalue weighted by Crippen LogP contribution is 2.17. The molecule has 0 aliphatic carbocycles. The lowest BCUT2D eigenvalue weighted by molar-refractivity contribution is 0.0525. The van der Waals surface area contributed by atoms with Crippen LogP contribution in [0.25, 0.3) is 24.3 Å². The Kier molecular flexibility index (Phi) is 7.30. The number of carbonyl (C=O) groups is 2. The van der Waals surface area contributed by atoms with E-state index in [4.69, 9.17) is 9.47 Å². The van der Waals surface area contributed by atoms with Crippen LogP contribution in [0, 0.1) is 0 Å². The van der Waals surface area contributed by atoms with Gasteiger partial charge >= 0.3 is 12.2 Å². The van der Waals surface area contributed by atoms with E-state index in [-0.39, 0.29) is 0 Å². The predicted octanol–water partition coefficient (Wildman–Crippen LogP) is 7.20. The van der Waals surface area contributed by atoms with Crippen LogP contribution in [0.3, 0.4) is 0 Å². The molecule has 2 aromatic heterocycles. The van der Waals surface area contributed by atoms with Crippen LogP contribution in [0.15, 0.2) is 60.9 Å². The standard InChI is InChI=1S/C28H32N2O4/c1-27(2,3)33-25(31)29-18-8-12-23(29)16-14-21-10-7-11-22(20-21)15-17-24-13-9-19-30(24)26(32)34-28(4,5)6/h7-20H,1-6H3/b16-14+,17-15+. The molecular weight excluding hydrogens is 428 g/mol. The van der Waals surface area contributed by atoms with Crippen LogP contribution in [0.4, 0.5) is 9.59 Å². The second-order valence-electron chi connectivity index (χ2n) is 9.90. The normalized spacial score (nSPS) is 12.4. The molecule has 0 spiro atoms. The molecule has 1 aromatic carbocycles. The van der Waals surface area contributed by atoms with Gasteiger partial charge in [-0.25, -0.2) is 9.59 Å². The fraction of sp³-hybridized carbons (Fsp3) is 0.286. The Morgan fingerprint density at radius 3 is 1.44 bits per heavy atom. The van der Waals surface area contributed by atoms with Crippen LogP contribution in [0.1, 0.15) is 64.1 Å². The minimum Gasteiger partial charge on any atom is -0.443 e. The van der Waals surface area contributed by atoms with E-state index in [1.165, 1.54) is 9.13 Å². The summed E-state index contributed by atoms with van der Waals surface area (Å²) in [6.07, 6.45) is 10.2. The highest BCUT2D eigenvalue weighted by atomic mass is 16.6. The van der Waals surface area contributed by atoms with E-state index in [2.05, 4.69) is 0 Å². The van der Waals surface area contributed by atoms with Crippen molar-refractivity contribution in [3.63, 3.8) is 0 Å². The van der Waals surface area contributed by atoms with Gasteiger partial charge in [0, 0.05) is 12.4 Å². The van der Waals surface area contributed by atoms with Crippen molar-refractivity contribution in [2.45, 2.75) is 52.7 Å². The van der Waals surface area contributed by atoms with Crippen LogP contribution >= 0.6 is 0 Å². The average Bonchev–Trinajstić information content (AvgIpc) is 3.38. The predicted molar refractivity (Wildman–Crippen MR) is 136 cm³/mol. The van der Waals surface area contributed by atoms with Crippen LogP contribution in [-0.2, 0) is 9.47 Å². The quantitative estimate of drug-likeness (QED) is 0.413. The summed E-state index contributed by atoms with van der Waals surface area (Å²) in [7, 11) is 0. The number of carbonyl (C=O) groups excluding carboxylic acids is 2. The molecule has 0 fully saturated rings. The third-order valence-corrected chi connectivity index (χ3v) is 4.54. The maximum absolute atomic E-state index is 12.4. The summed E-state index contributed by atoms with van der Waals surface area (Å²) in [5, 5.41) is 0. The van der Waals surface area contributed by atoms with Crippen molar-refractivity contribution < 1.29 is 19.1 Å². The maximum atomic E-state index is 12.4. The van der Waals surface area contributed by atoms with Crippen LogP contribution in [-0.4, -0.2) is 32.5 Å². The zero-order valence-corrected chi connectivity index (χ0v) is 20.6. The number of nitrogens with zero attached hydrogens (tertiary/aromatic N) is 2. The Labute approximate surface area is 201 Å². The molecular formula is C28H32N2O4. The van der Waals surface area contributed by atoms with E-state index in [0.717, 1.165) is 22.5 Å². The summed E-state index contributed by atoms with van der Waals surface area (Å²) in [5.41, 5.74) is 2.28.